The molecule has 0 bridgehead atoms. The Kier molecular flexibility index (Phi) is 6.40. The molecule has 0 unspecified atom stereocenters. The number of amides is 1. The molecular weight excluding hydrogens is 483 g/mol. The standard InChI is InChI=1S/C28H29FN8O/c1-6-14-36(5)17(2)15-31-23-21-24(34-27(38)28(21,3)4)33-25(32-23)22-19-11-9-13-30-26(19)37(35-22)16-18-10-7-8-12-20(18)29/h6-14H,2,15-16H2,1,3-5H3,(H2,31,32,33,34,38)/b14-6-. The van der Waals surface area contributed by atoms with Crippen LogP contribution in [0.4, 0.5) is 16.0 Å². The van der Waals surface area contributed by atoms with Crippen LogP contribution in [0.1, 0.15) is 31.9 Å². The predicted octanol–water partition coefficient (Wildman–Crippen LogP) is 4.70. The van der Waals surface area contributed by atoms with Crippen LogP contribution in [0.25, 0.3) is 22.6 Å². The molecule has 194 valence electrons. The molecule has 1 aliphatic rings. The van der Waals surface area contributed by atoms with Gasteiger partial charge in [0.05, 0.1) is 29.5 Å². The molecule has 0 aliphatic carbocycles. The smallest absolute Gasteiger partial charge is 0.235 e. The number of carbonyl (C=O) groups is 1. The molecule has 9 nitrogen and oxygen atoms in total. The van der Waals surface area contributed by atoms with E-state index in [0.29, 0.717) is 46.5 Å². The second-order valence-corrected chi connectivity index (χ2v) is 9.68. The summed E-state index contributed by atoms with van der Waals surface area (Å²) in [4.78, 5) is 28.8. The number of likely N-dealkylation sites (N-methyl/N-ethyl adjacent to an activating group) is 1. The van der Waals surface area contributed by atoms with Gasteiger partial charge in [-0.2, -0.15) is 5.10 Å². The van der Waals surface area contributed by atoms with Crippen LogP contribution in [0.5, 0.6) is 0 Å². The van der Waals surface area contributed by atoms with E-state index in [0.717, 1.165) is 11.1 Å². The number of fused-ring (bicyclic) bond motifs is 2. The molecule has 0 atom stereocenters. The van der Waals surface area contributed by atoms with Crippen LogP contribution in [0.2, 0.25) is 0 Å². The number of rotatable bonds is 8. The summed E-state index contributed by atoms with van der Waals surface area (Å²) in [5.41, 5.74) is 2.22. The van der Waals surface area contributed by atoms with Crippen molar-refractivity contribution < 1.29 is 9.18 Å². The van der Waals surface area contributed by atoms with Crippen LogP contribution < -0.4 is 10.6 Å². The van der Waals surface area contributed by atoms with Crippen molar-refractivity contribution in [2.45, 2.75) is 32.7 Å². The molecule has 1 amide bonds. The Balaban J connectivity index is 1.60. The van der Waals surface area contributed by atoms with Crippen LogP contribution in [0, 0.1) is 5.82 Å². The molecule has 4 aromatic rings. The molecule has 4 heterocycles. The minimum absolute atomic E-state index is 0.163. The first-order valence-corrected chi connectivity index (χ1v) is 12.3. The zero-order valence-electron chi connectivity index (χ0n) is 21.8. The molecule has 0 saturated carbocycles. The topological polar surface area (TPSA) is 101 Å². The van der Waals surface area contributed by atoms with Gasteiger partial charge in [0, 0.05) is 24.5 Å². The van der Waals surface area contributed by atoms with Gasteiger partial charge in [-0.25, -0.2) is 24.0 Å². The maximum absolute atomic E-state index is 14.4. The van der Waals surface area contributed by atoms with Gasteiger partial charge in [-0.1, -0.05) is 30.9 Å². The Labute approximate surface area is 220 Å². The van der Waals surface area contributed by atoms with Crippen molar-refractivity contribution in [2.24, 2.45) is 0 Å². The van der Waals surface area contributed by atoms with E-state index in [-0.39, 0.29) is 18.3 Å². The first kappa shape index (κ1) is 25.1. The number of nitrogens with zero attached hydrogens (tertiary/aromatic N) is 6. The van der Waals surface area contributed by atoms with Crippen LogP contribution in [0.3, 0.4) is 0 Å². The third-order valence-corrected chi connectivity index (χ3v) is 6.66. The van der Waals surface area contributed by atoms with Crippen molar-refractivity contribution in [3.63, 3.8) is 0 Å². The lowest BCUT2D eigenvalue weighted by molar-refractivity contribution is -0.119. The van der Waals surface area contributed by atoms with Gasteiger partial charge < -0.3 is 15.5 Å². The average Bonchev–Trinajstić information content (AvgIpc) is 3.37. The van der Waals surface area contributed by atoms with Crippen LogP contribution >= 0.6 is 0 Å². The minimum atomic E-state index is -0.833. The molecule has 3 aromatic heterocycles. The van der Waals surface area contributed by atoms with Gasteiger partial charge in [0.2, 0.25) is 5.91 Å². The van der Waals surface area contributed by atoms with E-state index >= 15 is 0 Å². The number of halogens is 1. The Bertz CT molecular complexity index is 1590. The molecule has 0 fully saturated rings. The SMILES string of the molecule is C=C(CNc1nc(-c2nn(Cc3ccccc3F)c3ncccc23)nc2c1C(C)(C)C(=O)N2)N(C)/C=C\C. The molecule has 0 saturated heterocycles. The van der Waals surface area contributed by atoms with Gasteiger partial charge in [0.25, 0.3) is 0 Å². The van der Waals surface area contributed by atoms with Crippen molar-refractivity contribution in [1.82, 2.24) is 29.6 Å². The van der Waals surface area contributed by atoms with Crippen molar-refractivity contribution in [3.05, 3.63) is 84.1 Å². The van der Waals surface area contributed by atoms with Crippen LogP contribution in [-0.4, -0.2) is 49.1 Å². The van der Waals surface area contributed by atoms with Gasteiger partial charge in [0.1, 0.15) is 23.1 Å². The van der Waals surface area contributed by atoms with Crippen molar-refractivity contribution >= 4 is 28.6 Å². The fraction of sp³-hybridized carbons (Fsp3) is 0.250. The third kappa shape index (κ3) is 4.38. The van der Waals surface area contributed by atoms with Crippen molar-refractivity contribution in [2.75, 3.05) is 24.2 Å². The lowest BCUT2D eigenvalue weighted by Crippen LogP contribution is -2.28. The van der Waals surface area contributed by atoms with E-state index in [1.807, 2.05) is 51.1 Å². The molecule has 1 aromatic carbocycles. The largest absolute Gasteiger partial charge is 0.364 e. The molecule has 5 rings (SSSR count). The second kappa shape index (κ2) is 9.70. The van der Waals surface area contributed by atoms with Crippen LogP contribution in [0.15, 0.2) is 67.1 Å². The van der Waals surface area contributed by atoms with Crippen molar-refractivity contribution in [1.29, 1.82) is 0 Å². The first-order valence-electron chi connectivity index (χ1n) is 12.3. The van der Waals surface area contributed by atoms with Gasteiger partial charge in [-0.15, -0.1) is 0 Å². The number of carbonyl (C=O) groups excluding carboxylic acids is 1. The van der Waals surface area contributed by atoms with E-state index in [2.05, 4.69) is 22.2 Å². The highest BCUT2D eigenvalue weighted by molar-refractivity contribution is 6.06. The number of benzene rings is 1. The van der Waals surface area contributed by atoms with Gasteiger partial charge in [0.15, 0.2) is 11.5 Å². The summed E-state index contributed by atoms with van der Waals surface area (Å²) in [7, 11) is 1.91. The highest BCUT2D eigenvalue weighted by Crippen LogP contribution is 2.42. The van der Waals surface area contributed by atoms with Crippen molar-refractivity contribution in [3.8, 4) is 11.5 Å². The third-order valence-electron chi connectivity index (χ3n) is 6.66. The first-order chi connectivity index (χ1) is 18.2. The van der Waals surface area contributed by atoms with E-state index in [1.54, 1.807) is 35.1 Å². The highest BCUT2D eigenvalue weighted by Gasteiger charge is 2.43. The lowest BCUT2D eigenvalue weighted by atomic mass is 9.87. The summed E-state index contributed by atoms with van der Waals surface area (Å²) in [6.07, 6.45) is 5.50. The number of nitrogens with one attached hydrogen (secondary N) is 2. The number of hydrogen-bond donors (Lipinski definition) is 2. The Morgan fingerprint density at radius 2 is 2.03 bits per heavy atom. The number of anilines is 2. The quantitative estimate of drug-likeness (QED) is 0.353. The molecule has 10 heteroatoms. The van der Waals surface area contributed by atoms with E-state index < -0.39 is 5.41 Å². The van der Waals surface area contributed by atoms with Crippen LogP contribution in [-0.2, 0) is 16.8 Å². The van der Waals surface area contributed by atoms with E-state index in [1.165, 1.54) is 6.07 Å². The monoisotopic (exact) mass is 512 g/mol. The molecule has 0 spiro atoms. The summed E-state index contributed by atoms with van der Waals surface area (Å²) in [6, 6.07) is 10.3. The maximum atomic E-state index is 14.4. The molecular formula is C28H29FN8O. The Morgan fingerprint density at radius 1 is 1.24 bits per heavy atom. The summed E-state index contributed by atoms with van der Waals surface area (Å²) >= 11 is 0. The van der Waals surface area contributed by atoms with E-state index in [9.17, 15) is 9.18 Å². The second-order valence-electron chi connectivity index (χ2n) is 9.68. The Morgan fingerprint density at radius 3 is 2.79 bits per heavy atom. The van der Waals surface area contributed by atoms with Gasteiger partial charge >= 0.3 is 0 Å². The molecule has 2 N–H and O–H groups in total. The maximum Gasteiger partial charge on any atom is 0.235 e. The predicted molar refractivity (Wildman–Crippen MR) is 146 cm³/mol. The minimum Gasteiger partial charge on any atom is -0.364 e. The van der Waals surface area contributed by atoms with E-state index in [4.69, 9.17) is 15.1 Å². The number of allylic oxidation sites excluding steroid dienone is 1. The average molecular weight is 513 g/mol. The lowest BCUT2D eigenvalue weighted by Gasteiger charge is -2.21. The molecule has 1 aliphatic heterocycles. The van der Waals surface area contributed by atoms with Gasteiger partial charge in [-0.05, 0) is 45.2 Å². The number of hydrogen-bond acceptors (Lipinski definition) is 7. The zero-order chi connectivity index (χ0) is 27.0. The summed E-state index contributed by atoms with van der Waals surface area (Å²) in [5, 5.41) is 11.7. The highest BCUT2D eigenvalue weighted by atomic mass is 19.1. The molecule has 0 radical (unpaired) electrons. The molecule has 38 heavy (non-hydrogen) atoms. The van der Waals surface area contributed by atoms with Gasteiger partial charge in [-0.3, -0.25) is 4.79 Å². The number of pyridine rings is 1. The normalized spacial score (nSPS) is 14.1. The summed E-state index contributed by atoms with van der Waals surface area (Å²) in [6.45, 7) is 10.3. The summed E-state index contributed by atoms with van der Waals surface area (Å²) in [5.74, 6) is 0.789. The zero-order valence-corrected chi connectivity index (χ0v) is 21.8. The fourth-order valence-electron chi connectivity index (χ4n) is 4.47. The number of aromatic nitrogens is 5. The fourth-order valence-corrected chi connectivity index (χ4v) is 4.47. The summed E-state index contributed by atoms with van der Waals surface area (Å²) < 4.78 is 16.1. The Hall–Kier alpha value is -4.60.